The number of pyridine rings is 1. The summed E-state index contributed by atoms with van der Waals surface area (Å²) >= 11 is 0. The quantitative estimate of drug-likeness (QED) is 0.778. The van der Waals surface area contributed by atoms with Gasteiger partial charge in [-0.05, 0) is 49.3 Å². The molecule has 2 amide bonds. The Morgan fingerprint density at radius 2 is 2.00 bits per heavy atom. The molecule has 2 aromatic rings. The molecule has 1 aliphatic heterocycles. The van der Waals surface area contributed by atoms with Crippen LogP contribution in [-0.2, 0) is 4.79 Å². The number of rotatable bonds is 5. The second-order valence-corrected chi connectivity index (χ2v) is 6.06. The number of carbonyl (C=O) groups excluding carboxylic acids is 2. The van der Waals surface area contributed by atoms with Crippen molar-refractivity contribution in [2.75, 3.05) is 23.7 Å². The van der Waals surface area contributed by atoms with E-state index in [-0.39, 0.29) is 29.1 Å². The zero-order chi connectivity index (χ0) is 17.8. The summed E-state index contributed by atoms with van der Waals surface area (Å²) in [6, 6.07) is 8.81. The molecule has 1 aromatic heterocycles. The monoisotopic (exact) mass is 342 g/mol. The summed E-state index contributed by atoms with van der Waals surface area (Å²) in [5, 5.41) is 8.50. The molecule has 0 saturated carbocycles. The molecule has 1 unspecified atom stereocenters. The average Bonchev–Trinajstić information content (AvgIpc) is 2.56. The van der Waals surface area contributed by atoms with Gasteiger partial charge in [-0.15, -0.1) is 0 Å². The van der Waals surface area contributed by atoms with Gasteiger partial charge in [-0.3, -0.25) is 14.6 Å². The van der Waals surface area contributed by atoms with Crippen molar-refractivity contribution in [1.29, 1.82) is 0 Å². The molecule has 6 nitrogen and oxygen atoms in total. The number of hydrogen-bond donors (Lipinski definition) is 3. The van der Waals surface area contributed by atoms with Gasteiger partial charge in [0.1, 0.15) is 11.5 Å². The molecule has 1 fully saturated rings. The van der Waals surface area contributed by atoms with Crippen molar-refractivity contribution in [2.45, 2.75) is 6.92 Å². The summed E-state index contributed by atoms with van der Waals surface area (Å²) in [5.41, 5.74) is 0.788. The van der Waals surface area contributed by atoms with Crippen LogP contribution < -0.4 is 16.0 Å². The van der Waals surface area contributed by atoms with Crippen LogP contribution in [0.15, 0.2) is 42.6 Å². The van der Waals surface area contributed by atoms with Crippen LogP contribution in [0, 0.1) is 17.7 Å². The number of amides is 2. The molecule has 3 N–H and O–H groups in total. The third-order valence-electron chi connectivity index (χ3n) is 4.32. The van der Waals surface area contributed by atoms with Gasteiger partial charge in [0.05, 0.1) is 11.4 Å². The van der Waals surface area contributed by atoms with E-state index < -0.39 is 11.7 Å². The molecule has 2 heterocycles. The Hall–Kier alpha value is -2.80. The van der Waals surface area contributed by atoms with Crippen LogP contribution in [0.2, 0.25) is 0 Å². The standard InChI is InChI=1S/C18H19FN4O2/c1-11(12-9-20-10-12)17(24)23-16-8-13(19)5-6-14(16)22-18(25)15-4-2-3-7-21-15/h2-8,11-12,20H,9-10H2,1H3,(H,22,25)(H,23,24). The van der Waals surface area contributed by atoms with Gasteiger partial charge in [0.25, 0.3) is 5.91 Å². The summed E-state index contributed by atoms with van der Waals surface area (Å²) < 4.78 is 13.6. The zero-order valence-electron chi connectivity index (χ0n) is 13.8. The molecule has 0 bridgehead atoms. The van der Waals surface area contributed by atoms with Crippen LogP contribution in [-0.4, -0.2) is 29.9 Å². The first-order chi connectivity index (χ1) is 12.0. The highest BCUT2D eigenvalue weighted by atomic mass is 19.1. The molecule has 1 saturated heterocycles. The van der Waals surface area contributed by atoms with E-state index in [0.717, 1.165) is 13.1 Å². The van der Waals surface area contributed by atoms with Crippen LogP contribution in [0.1, 0.15) is 17.4 Å². The predicted octanol–water partition coefficient (Wildman–Crippen LogP) is 2.27. The molecule has 7 heteroatoms. The van der Waals surface area contributed by atoms with Crippen LogP contribution in [0.3, 0.4) is 0 Å². The number of aromatic nitrogens is 1. The van der Waals surface area contributed by atoms with Crippen LogP contribution in [0.5, 0.6) is 0 Å². The van der Waals surface area contributed by atoms with E-state index in [1.54, 1.807) is 18.2 Å². The maximum atomic E-state index is 13.6. The number of anilines is 2. The predicted molar refractivity (Wildman–Crippen MR) is 92.7 cm³/mol. The van der Waals surface area contributed by atoms with Gasteiger partial charge in [0, 0.05) is 12.1 Å². The van der Waals surface area contributed by atoms with Gasteiger partial charge < -0.3 is 16.0 Å². The van der Waals surface area contributed by atoms with Gasteiger partial charge in [-0.1, -0.05) is 13.0 Å². The lowest BCUT2D eigenvalue weighted by atomic mass is 9.88. The molecule has 3 rings (SSSR count). The lowest BCUT2D eigenvalue weighted by Gasteiger charge is -2.31. The molecule has 1 atom stereocenters. The largest absolute Gasteiger partial charge is 0.324 e. The first kappa shape index (κ1) is 17.0. The number of hydrogen-bond acceptors (Lipinski definition) is 4. The first-order valence-electron chi connectivity index (χ1n) is 8.08. The van der Waals surface area contributed by atoms with Crippen molar-refractivity contribution in [3.8, 4) is 0 Å². The molecule has 1 aromatic carbocycles. The summed E-state index contributed by atoms with van der Waals surface area (Å²) in [6.45, 7) is 3.42. The second-order valence-electron chi connectivity index (χ2n) is 6.06. The summed E-state index contributed by atoms with van der Waals surface area (Å²) in [5.74, 6) is -1.07. The molecular weight excluding hydrogens is 323 g/mol. The first-order valence-corrected chi connectivity index (χ1v) is 8.08. The average molecular weight is 342 g/mol. The molecule has 0 radical (unpaired) electrons. The number of nitrogens with one attached hydrogen (secondary N) is 3. The van der Waals surface area contributed by atoms with Gasteiger partial charge in [-0.25, -0.2) is 4.39 Å². The molecular formula is C18H19FN4O2. The molecule has 130 valence electrons. The van der Waals surface area contributed by atoms with Crippen LogP contribution in [0.25, 0.3) is 0 Å². The molecule has 1 aliphatic rings. The minimum atomic E-state index is -0.496. The Kier molecular flexibility index (Phi) is 5.04. The lowest BCUT2D eigenvalue weighted by molar-refractivity contribution is -0.121. The van der Waals surface area contributed by atoms with E-state index in [9.17, 15) is 14.0 Å². The summed E-state index contributed by atoms with van der Waals surface area (Å²) in [4.78, 5) is 28.6. The Balaban J connectivity index is 1.76. The maximum absolute atomic E-state index is 13.6. The second kappa shape index (κ2) is 7.40. The van der Waals surface area contributed by atoms with Crippen molar-refractivity contribution >= 4 is 23.2 Å². The molecule has 0 spiro atoms. The molecule has 0 aliphatic carbocycles. The fourth-order valence-electron chi connectivity index (χ4n) is 2.54. The fraction of sp³-hybridized carbons (Fsp3) is 0.278. The highest BCUT2D eigenvalue weighted by Gasteiger charge is 2.29. The van der Waals surface area contributed by atoms with Crippen molar-refractivity contribution < 1.29 is 14.0 Å². The Morgan fingerprint density at radius 3 is 2.64 bits per heavy atom. The van der Waals surface area contributed by atoms with Crippen molar-refractivity contribution in [3.05, 3.63) is 54.1 Å². The van der Waals surface area contributed by atoms with Gasteiger partial charge in [0.2, 0.25) is 5.91 Å². The van der Waals surface area contributed by atoms with Gasteiger partial charge in [0.15, 0.2) is 0 Å². The number of carbonyl (C=O) groups is 2. The van der Waals surface area contributed by atoms with E-state index in [1.807, 2.05) is 6.92 Å². The topological polar surface area (TPSA) is 83.1 Å². The number of nitrogens with zero attached hydrogens (tertiary/aromatic N) is 1. The van der Waals surface area contributed by atoms with E-state index in [0.29, 0.717) is 5.69 Å². The Bertz CT molecular complexity index is 778. The summed E-state index contributed by atoms with van der Waals surface area (Å²) in [7, 11) is 0. The SMILES string of the molecule is CC(C(=O)Nc1cc(F)ccc1NC(=O)c1ccccn1)C1CNC1. The third-order valence-corrected chi connectivity index (χ3v) is 4.32. The highest BCUT2D eigenvalue weighted by Crippen LogP contribution is 2.25. The lowest BCUT2D eigenvalue weighted by Crippen LogP contribution is -2.48. The van der Waals surface area contributed by atoms with Gasteiger partial charge >= 0.3 is 0 Å². The number of benzene rings is 1. The smallest absolute Gasteiger partial charge is 0.274 e. The Labute approximate surface area is 144 Å². The Morgan fingerprint density at radius 1 is 1.20 bits per heavy atom. The zero-order valence-corrected chi connectivity index (χ0v) is 13.8. The van der Waals surface area contributed by atoms with E-state index in [4.69, 9.17) is 0 Å². The van der Waals surface area contributed by atoms with Gasteiger partial charge in [-0.2, -0.15) is 0 Å². The number of halogens is 1. The fourth-order valence-corrected chi connectivity index (χ4v) is 2.54. The maximum Gasteiger partial charge on any atom is 0.274 e. The molecule has 25 heavy (non-hydrogen) atoms. The third kappa shape index (κ3) is 4.00. The minimum Gasteiger partial charge on any atom is -0.324 e. The van der Waals surface area contributed by atoms with E-state index in [2.05, 4.69) is 20.9 Å². The van der Waals surface area contributed by atoms with Crippen molar-refractivity contribution in [3.63, 3.8) is 0 Å². The van der Waals surface area contributed by atoms with Crippen molar-refractivity contribution in [1.82, 2.24) is 10.3 Å². The van der Waals surface area contributed by atoms with Crippen molar-refractivity contribution in [2.24, 2.45) is 11.8 Å². The summed E-state index contributed by atoms with van der Waals surface area (Å²) in [6.07, 6.45) is 1.51. The normalized spacial score (nSPS) is 15.1. The van der Waals surface area contributed by atoms with Crippen LogP contribution >= 0.6 is 0 Å². The minimum absolute atomic E-state index is 0.203. The highest BCUT2D eigenvalue weighted by molar-refractivity contribution is 6.06. The van der Waals surface area contributed by atoms with E-state index in [1.165, 1.54) is 24.4 Å². The van der Waals surface area contributed by atoms with Crippen LogP contribution in [0.4, 0.5) is 15.8 Å². The van der Waals surface area contributed by atoms with E-state index >= 15 is 0 Å².